The van der Waals surface area contributed by atoms with Gasteiger partial charge < -0.3 is 10.6 Å². The Balaban J connectivity index is 2.15. The van der Waals surface area contributed by atoms with Crippen molar-refractivity contribution in [3.8, 4) is 0 Å². The van der Waals surface area contributed by atoms with Crippen molar-refractivity contribution in [1.82, 2.24) is 5.32 Å². The van der Waals surface area contributed by atoms with Gasteiger partial charge in [0.1, 0.15) is 0 Å². The predicted octanol–water partition coefficient (Wildman–Crippen LogP) is 3.50. The second-order valence-corrected chi connectivity index (χ2v) is 4.82. The highest BCUT2D eigenvalue weighted by atomic mass is 19.4. The van der Waals surface area contributed by atoms with E-state index in [1.807, 2.05) is 0 Å². The maximum Gasteiger partial charge on any atom is 0.458 e. The minimum Gasteiger partial charge on any atom is -0.382 e. The molecule has 0 unspecified atom stereocenters. The van der Waals surface area contributed by atoms with E-state index >= 15 is 0 Å². The van der Waals surface area contributed by atoms with Gasteiger partial charge in [0.2, 0.25) is 0 Å². The summed E-state index contributed by atoms with van der Waals surface area (Å²) in [5.41, 5.74) is -0.748. The Morgan fingerprint density at radius 2 is 1.70 bits per heavy atom. The van der Waals surface area contributed by atoms with E-state index in [2.05, 4.69) is 10.6 Å². The van der Waals surface area contributed by atoms with Gasteiger partial charge >= 0.3 is 12.1 Å². The summed E-state index contributed by atoms with van der Waals surface area (Å²) in [4.78, 5) is 0. The van der Waals surface area contributed by atoms with E-state index in [9.17, 15) is 22.0 Å². The van der Waals surface area contributed by atoms with Gasteiger partial charge in [0.15, 0.2) is 0 Å². The highest BCUT2D eigenvalue weighted by Crippen LogP contribution is 2.44. The first-order valence-corrected chi connectivity index (χ1v) is 6.33. The van der Waals surface area contributed by atoms with Crippen molar-refractivity contribution in [3.63, 3.8) is 0 Å². The van der Waals surface area contributed by atoms with Crippen molar-refractivity contribution in [2.75, 3.05) is 18.4 Å². The molecule has 1 heterocycles. The fraction of sp³-hybridized carbons (Fsp3) is 0.538. The number of piperidine rings is 1. The van der Waals surface area contributed by atoms with Gasteiger partial charge in [-0.25, -0.2) is 0 Å². The average Bonchev–Trinajstić information content (AvgIpc) is 2.39. The van der Waals surface area contributed by atoms with Crippen LogP contribution in [0.15, 0.2) is 24.3 Å². The van der Waals surface area contributed by atoms with E-state index in [0.717, 1.165) is 38.1 Å². The molecule has 112 valence electrons. The maximum absolute atomic E-state index is 13.3. The second kappa shape index (κ2) is 5.55. The molecule has 7 heteroatoms. The lowest BCUT2D eigenvalue weighted by atomic mass is 10.0. The van der Waals surface area contributed by atoms with Gasteiger partial charge in [0.25, 0.3) is 0 Å². The number of rotatable bonds is 3. The van der Waals surface area contributed by atoms with Gasteiger partial charge in [-0.3, -0.25) is 0 Å². The van der Waals surface area contributed by atoms with E-state index in [1.54, 1.807) is 0 Å². The summed E-state index contributed by atoms with van der Waals surface area (Å²) in [6.45, 7) is 1.60. The number of alkyl halides is 5. The quantitative estimate of drug-likeness (QED) is 0.834. The van der Waals surface area contributed by atoms with Gasteiger partial charge in [-0.1, -0.05) is 12.1 Å². The van der Waals surface area contributed by atoms with Crippen LogP contribution in [0, 0.1) is 0 Å². The van der Waals surface area contributed by atoms with Crippen LogP contribution >= 0.6 is 0 Å². The molecule has 0 radical (unpaired) electrons. The zero-order chi connectivity index (χ0) is 14.8. The lowest BCUT2D eigenvalue weighted by Gasteiger charge is -2.25. The molecule has 0 bridgehead atoms. The SMILES string of the molecule is FC(F)(F)C(F)(F)c1cccc(NC2CCNCC2)c1. The van der Waals surface area contributed by atoms with Crippen LogP contribution in [0.25, 0.3) is 0 Å². The van der Waals surface area contributed by atoms with Crippen LogP contribution in [-0.2, 0) is 5.92 Å². The zero-order valence-corrected chi connectivity index (χ0v) is 10.6. The molecule has 1 aromatic rings. The van der Waals surface area contributed by atoms with Crippen LogP contribution in [-0.4, -0.2) is 25.3 Å². The Bertz CT molecular complexity index is 452. The van der Waals surface area contributed by atoms with Crippen LogP contribution in [0.2, 0.25) is 0 Å². The molecule has 0 aliphatic carbocycles. The highest BCUT2D eigenvalue weighted by Gasteiger charge is 2.58. The maximum atomic E-state index is 13.3. The minimum absolute atomic E-state index is 0.0889. The number of anilines is 1. The zero-order valence-electron chi connectivity index (χ0n) is 10.6. The van der Waals surface area contributed by atoms with Gasteiger partial charge in [-0.15, -0.1) is 0 Å². The molecule has 0 atom stereocenters. The first kappa shape index (κ1) is 15.0. The molecular weight excluding hydrogens is 279 g/mol. The summed E-state index contributed by atoms with van der Waals surface area (Å²) in [7, 11) is 0. The number of nitrogens with one attached hydrogen (secondary N) is 2. The van der Waals surface area contributed by atoms with Crippen molar-refractivity contribution in [3.05, 3.63) is 29.8 Å². The number of hydrogen-bond donors (Lipinski definition) is 2. The third kappa shape index (κ3) is 3.20. The Morgan fingerprint density at radius 1 is 1.05 bits per heavy atom. The summed E-state index contributed by atoms with van der Waals surface area (Å²) in [5.74, 6) is -4.83. The predicted molar refractivity (Wildman–Crippen MR) is 65.9 cm³/mol. The van der Waals surface area contributed by atoms with E-state index in [-0.39, 0.29) is 6.04 Å². The first-order chi connectivity index (χ1) is 9.30. The van der Waals surface area contributed by atoms with Gasteiger partial charge in [0, 0.05) is 17.3 Å². The lowest BCUT2D eigenvalue weighted by Crippen LogP contribution is -2.36. The van der Waals surface area contributed by atoms with E-state index in [1.165, 1.54) is 12.1 Å². The van der Waals surface area contributed by atoms with Crippen molar-refractivity contribution in [2.24, 2.45) is 0 Å². The van der Waals surface area contributed by atoms with Crippen molar-refractivity contribution in [1.29, 1.82) is 0 Å². The normalized spacial score (nSPS) is 18.1. The smallest absolute Gasteiger partial charge is 0.382 e. The van der Waals surface area contributed by atoms with Crippen LogP contribution < -0.4 is 10.6 Å². The molecule has 1 aliphatic heterocycles. The number of halogens is 5. The van der Waals surface area contributed by atoms with Crippen LogP contribution in [0.3, 0.4) is 0 Å². The molecule has 2 nitrogen and oxygen atoms in total. The molecule has 20 heavy (non-hydrogen) atoms. The topological polar surface area (TPSA) is 24.1 Å². The Hall–Kier alpha value is -1.37. The molecular formula is C13H15F5N2. The standard InChI is InChI=1S/C13H15F5N2/c14-12(15,13(16,17)18)9-2-1-3-11(8-9)20-10-4-6-19-7-5-10/h1-3,8,10,19-20H,4-7H2. The summed E-state index contributed by atoms with van der Waals surface area (Å²) in [5, 5.41) is 6.15. The van der Waals surface area contributed by atoms with Crippen LogP contribution in [0.1, 0.15) is 18.4 Å². The summed E-state index contributed by atoms with van der Waals surface area (Å²) >= 11 is 0. The molecule has 2 rings (SSSR count). The van der Waals surface area contributed by atoms with Gasteiger partial charge in [-0.2, -0.15) is 22.0 Å². The number of hydrogen-bond acceptors (Lipinski definition) is 2. The van der Waals surface area contributed by atoms with Crippen LogP contribution in [0.4, 0.5) is 27.6 Å². The Morgan fingerprint density at radius 3 is 2.30 bits per heavy atom. The third-order valence-electron chi connectivity index (χ3n) is 3.29. The molecule has 0 spiro atoms. The Kier molecular flexibility index (Phi) is 4.17. The molecule has 1 fully saturated rings. The molecule has 0 amide bonds. The van der Waals surface area contributed by atoms with E-state index < -0.39 is 17.7 Å². The lowest BCUT2D eigenvalue weighted by molar-refractivity contribution is -0.289. The van der Waals surface area contributed by atoms with Crippen LogP contribution in [0.5, 0.6) is 0 Å². The van der Waals surface area contributed by atoms with Crippen molar-refractivity contribution < 1.29 is 22.0 Å². The third-order valence-corrected chi connectivity index (χ3v) is 3.29. The second-order valence-electron chi connectivity index (χ2n) is 4.82. The monoisotopic (exact) mass is 294 g/mol. The van der Waals surface area contributed by atoms with Gasteiger partial charge in [0.05, 0.1) is 0 Å². The fourth-order valence-electron chi connectivity index (χ4n) is 2.17. The average molecular weight is 294 g/mol. The van der Waals surface area contributed by atoms with Crippen molar-refractivity contribution >= 4 is 5.69 Å². The summed E-state index contributed by atoms with van der Waals surface area (Å²) < 4.78 is 63.5. The minimum atomic E-state index is -5.58. The van der Waals surface area contributed by atoms with Gasteiger partial charge in [-0.05, 0) is 38.1 Å². The first-order valence-electron chi connectivity index (χ1n) is 6.33. The fourth-order valence-corrected chi connectivity index (χ4v) is 2.17. The molecule has 0 saturated carbocycles. The summed E-state index contributed by atoms with van der Waals surface area (Å²) in [6, 6.07) is 4.46. The molecule has 1 saturated heterocycles. The molecule has 2 N–H and O–H groups in total. The van der Waals surface area contributed by atoms with E-state index in [0.29, 0.717) is 5.69 Å². The van der Waals surface area contributed by atoms with Crippen molar-refractivity contribution in [2.45, 2.75) is 31.0 Å². The molecule has 1 aromatic carbocycles. The number of benzene rings is 1. The van der Waals surface area contributed by atoms with E-state index in [4.69, 9.17) is 0 Å². The molecule has 0 aromatic heterocycles. The summed E-state index contributed by atoms with van der Waals surface area (Å²) in [6.07, 6.45) is -3.97. The Labute approximate surface area is 113 Å². The molecule has 1 aliphatic rings. The highest BCUT2D eigenvalue weighted by molar-refractivity contribution is 5.48. The largest absolute Gasteiger partial charge is 0.458 e.